The van der Waals surface area contributed by atoms with Gasteiger partial charge in [0.1, 0.15) is 12.2 Å². The Labute approximate surface area is 205 Å². The lowest BCUT2D eigenvalue weighted by atomic mass is 10.1. The summed E-state index contributed by atoms with van der Waals surface area (Å²) in [5.41, 5.74) is 1.04. The van der Waals surface area contributed by atoms with Crippen molar-refractivity contribution in [2.45, 2.75) is 65.6 Å². The molecule has 2 N–H and O–H groups in total. The zero-order valence-corrected chi connectivity index (χ0v) is 21.0. The summed E-state index contributed by atoms with van der Waals surface area (Å²) in [6, 6.07) is 7.29. The van der Waals surface area contributed by atoms with Crippen LogP contribution in [0.15, 0.2) is 30.5 Å². The van der Waals surface area contributed by atoms with Crippen molar-refractivity contribution in [2.75, 3.05) is 11.9 Å². The van der Waals surface area contributed by atoms with E-state index in [0.29, 0.717) is 19.4 Å². The van der Waals surface area contributed by atoms with Gasteiger partial charge in [0.05, 0.1) is 6.42 Å². The number of ether oxygens (including phenoxy) is 2. The average Bonchev–Trinajstić information content (AvgIpc) is 3.11. The third kappa shape index (κ3) is 9.99. The van der Waals surface area contributed by atoms with Crippen molar-refractivity contribution >= 4 is 29.6 Å². The molecule has 1 aromatic carbocycles. The number of ketones is 1. The van der Waals surface area contributed by atoms with Crippen molar-refractivity contribution in [3.8, 4) is 0 Å². The molecule has 2 rings (SSSR count). The summed E-state index contributed by atoms with van der Waals surface area (Å²) < 4.78 is 12.0. The van der Waals surface area contributed by atoms with Gasteiger partial charge in [-0.05, 0) is 45.2 Å². The van der Waals surface area contributed by atoms with Crippen LogP contribution >= 0.6 is 0 Å². The molecular formula is C25H34N4O6. The highest BCUT2D eigenvalue weighted by atomic mass is 16.6. The Bertz CT molecular complexity index is 1040. The zero-order valence-electron chi connectivity index (χ0n) is 21.0. The molecule has 0 aliphatic heterocycles. The van der Waals surface area contributed by atoms with Crippen LogP contribution in [0.2, 0.25) is 0 Å². The molecule has 2 amide bonds. The maximum atomic E-state index is 12.5. The fourth-order valence-electron chi connectivity index (χ4n) is 3.13. The van der Waals surface area contributed by atoms with E-state index < -0.39 is 17.7 Å². The average molecular weight is 487 g/mol. The van der Waals surface area contributed by atoms with E-state index in [-0.39, 0.29) is 42.8 Å². The molecule has 0 radical (unpaired) electrons. The molecule has 1 heterocycles. The van der Waals surface area contributed by atoms with Crippen molar-refractivity contribution < 1.29 is 28.7 Å². The first-order chi connectivity index (χ1) is 16.5. The second kappa shape index (κ2) is 12.7. The van der Waals surface area contributed by atoms with Crippen LogP contribution in [-0.2, 0) is 39.1 Å². The number of likely N-dealkylation sites (N-methyl/N-ethyl adjacent to an activating group) is 1. The lowest BCUT2D eigenvalue weighted by molar-refractivity contribution is -0.145. The molecule has 190 valence electrons. The number of nitrogens with zero attached hydrogens (tertiary/aromatic N) is 2. The highest BCUT2D eigenvalue weighted by Crippen LogP contribution is 2.14. The van der Waals surface area contributed by atoms with Gasteiger partial charge < -0.3 is 19.4 Å². The maximum absolute atomic E-state index is 12.5. The van der Waals surface area contributed by atoms with E-state index in [1.54, 1.807) is 27.8 Å². The van der Waals surface area contributed by atoms with Gasteiger partial charge in [0.2, 0.25) is 5.91 Å². The molecule has 0 atom stereocenters. The number of amides is 2. The summed E-state index contributed by atoms with van der Waals surface area (Å²) in [5.74, 6) is -0.308. The standard InChI is InChI=1S/C25H34N4O6/c1-6-26-21(31)14-17-10-12-18(13-11-17)16-34-22(32)9-7-8-19(30)23-27-20(15-29(23)5)28-24(33)35-25(2,3)4/h10-13,15H,6-9,14,16H2,1-5H3,(H,26,31)(H,28,33). The Kier molecular flexibility index (Phi) is 9.98. The largest absolute Gasteiger partial charge is 0.461 e. The Balaban J connectivity index is 1.74. The number of carbonyl (C=O) groups excluding carboxylic acids is 4. The number of benzene rings is 1. The van der Waals surface area contributed by atoms with E-state index in [2.05, 4.69) is 15.6 Å². The fourth-order valence-corrected chi connectivity index (χ4v) is 3.13. The smallest absolute Gasteiger partial charge is 0.413 e. The molecule has 0 aliphatic carbocycles. The molecule has 0 saturated carbocycles. The summed E-state index contributed by atoms with van der Waals surface area (Å²) in [7, 11) is 1.65. The summed E-state index contributed by atoms with van der Waals surface area (Å²) in [5, 5.41) is 5.25. The van der Waals surface area contributed by atoms with Gasteiger partial charge in [-0.15, -0.1) is 0 Å². The minimum Gasteiger partial charge on any atom is -0.461 e. The summed E-state index contributed by atoms with van der Waals surface area (Å²) in [6.45, 7) is 7.82. The van der Waals surface area contributed by atoms with Crippen molar-refractivity contribution in [2.24, 2.45) is 7.05 Å². The van der Waals surface area contributed by atoms with Gasteiger partial charge in [-0.3, -0.25) is 19.7 Å². The van der Waals surface area contributed by atoms with Gasteiger partial charge in [-0.2, -0.15) is 0 Å². The first-order valence-corrected chi connectivity index (χ1v) is 11.5. The van der Waals surface area contributed by atoms with Crippen LogP contribution in [-0.4, -0.2) is 45.4 Å². The molecule has 0 aliphatic rings. The minimum atomic E-state index is -0.658. The van der Waals surface area contributed by atoms with Crippen LogP contribution in [0.1, 0.15) is 68.7 Å². The number of nitrogens with one attached hydrogen (secondary N) is 2. The van der Waals surface area contributed by atoms with Crippen LogP contribution in [0, 0.1) is 0 Å². The molecule has 0 fully saturated rings. The van der Waals surface area contributed by atoms with Gasteiger partial charge >= 0.3 is 12.1 Å². The molecule has 1 aromatic heterocycles. The van der Waals surface area contributed by atoms with E-state index in [9.17, 15) is 19.2 Å². The maximum Gasteiger partial charge on any atom is 0.413 e. The fraction of sp³-hybridized carbons (Fsp3) is 0.480. The number of aryl methyl sites for hydroxylation is 1. The highest BCUT2D eigenvalue weighted by Gasteiger charge is 2.19. The Hall–Kier alpha value is -3.69. The van der Waals surface area contributed by atoms with Gasteiger partial charge in [0, 0.05) is 32.6 Å². The van der Waals surface area contributed by atoms with Crippen LogP contribution in [0.4, 0.5) is 10.6 Å². The Morgan fingerprint density at radius 1 is 1.03 bits per heavy atom. The molecule has 0 saturated heterocycles. The molecule has 0 bridgehead atoms. The van der Waals surface area contributed by atoms with Crippen molar-refractivity contribution in [1.29, 1.82) is 0 Å². The van der Waals surface area contributed by atoms with E-state index in [1.807, 2.05) is 31.2 Å². The Morgan fingerprint density at radius 2 is 1.69 bits per heavy atom. The number of Topliss-reactive ketones (excluding diaryl/α,β-unsaturated/α-hetero) is 1. The number of esters is 1. The number of hydrogen-bond acceptors (Lipinski definition) is 7. The monoisotopic (exact) mass is 486 g/mol. The molecule has 0 unspecified atom stereocenters. The topological polar surface area (TPSA) is 129 Å². The summed E-state index contributed by atoms with van der Waals surface area (Å²) in [4.78, 5) is 52.2. The quantitative estimate of drug-likeness (QED) is 0.367. The van der Waals surface area contributed by atoms with E-state index in [0.717, 1.165) is 11.1 Å². The third-order valence-electron chi connectivity index (χ3n) is 4.70. The normalized spacial score (nSPS) is 11.0. The lowest BCUT2D eigenvalue weighted by Gasteiger charge is -2.18. The predicted octanol–water partition coefficient (Wildman–Crippen LogP) is 3.54. The van der Waals surface area contributed by atoms with Crippen LogP contribution in [0.5, 0.6) is 0 Å². The third-order valence-corrected chi connectivity index (χ3v) is 4.70. The summed E-state index contributed by atoms with van der Waals surface area (Å²) in [6.07, 6.45) is 1.68. The van der Waals surface area contributed by atoms with Gasteiger partial charge in [-0.1, -0.05) is 24.3 Å². The number of aromatic nitrogens is 2. The second-order valence-corrected chi connectivity index (χ2v) is 9.07. The number of imidazole rings is 1. The molecule has 35 heavy (non-hydrogen) atoms. The molecule has 2 aromatic rings. The van der Waals surface area contributed by atoms with Crippen molar-refractivity contribution in [1.82, 2.24) is 14.9 Å². The number of carbonyl (C=O) groups is 4. The number of anilines is 1. The van der Waals surface area contributed by atoms with Crippen molar-refractivity contribution in [3.63, 3.8) is 0 Å². The summed E-state index contributed by atoms with van der Waals surface area (Å²) >= 11 is 0. The van der Waals surface area contributed by atoms with Crippen LogP contribution < -0.4 is 10.6 Å². The van der Waals surface area contributed by atoms with Crippen LogP contribution in [0.3, 0.4) is 0 Å². The van der Waals surface area contributed by atoms with Crippen LogP contribution in [0.25, 0.3) is 0 Å². The first kappa shape index (κ1) is 27.6. The first-order valence-electron chi connectivity index (χ1n) is 11.5. The van der Waals surface area contributed by atoms with E-state index in [4.69, 9.17) is 9.47 Å². The van der Waals surface area contributed by atoms with Gasteiger partial charge in [0.25, 0.3) is 0 Å². The highest BCUT2D eigenvalue weighted by molar-refractivity contribution is 5.94. The zero-order chi connectivity index (χ0) is 26.0. The minimum absolute atomic E-state index is 0.0395. The van der Waals surface area contributed by atoms with Gasteiger partial charge in [0.15, 0.2) is 17.4 Å². The predicted molar refractivity (Wildman–Crippen MR) is 130 cm³/mol. The van der Waals surface area contributed by atoms with Gasteiger partial charge in [-0.25, -0.2) is 9.78 Å². The molecule has 0 spiro atoms. The molecular weight excluding hydrogens is 452 g/mol. The number of rotatable bonds is 11. The van der Waals surface area contributed by atoms with E-state index >= 15 is 0 Å². The molecule has 10 heteroatoms. The second-order valence-electron chi connectivity index (χ2n) is 9.07. The SMILES string of the molecule is CCNC(=O)Cc1ccc(COC(=O)CCCC(=O)c2nc(NC(=O)OC(C)(C)C)cn2C)cc1. The Morgan fingerprint density at radius 3 is 2.31 bits per heavy atom. The van der Waals surface area contributed by atoms with E-state index in [1.165, 1.54) is 10.8 Å². The van der Waals surface area contributed by atoms with Crippen molar-refractivity contribution in [3.05, 3.63) is 47.4 Å². The lowest BCUT2D eigenvalue weighted by Crippen LogP contribution is -2.27. The number of hydrogen-bond donors (Lipinski definition) is 2. The molecule has 10 nitrogen and oxygen atoms in total.